The third-order valence-corrected chi connectivity index (χ3v) is 4.04. The molecule has 2 N–H and O–H groups in total. The highest BCUT2D eigenvalue weighted by molar-refractivity contribution is 5.83. The first-order chi connectivity index (χ1) is 11.1. The molecule has 6 heteroatoms. The van der Waals surface area contributed by atoms with Gasteiger partial charge in [0, 0.05) is 12.3 Å². The molecule has 0 aromatic heterocycles. The van der Waals surface area contributed by atoms with E-state index in [4.69, 9.17) is 4.74 Å². The molecule has 23 heavy (non-hydrogen) atoms. The highest BCUT2D eigenvalue weighted by Gasteiger charge is 2.27. The number of carbonyl (C=O) groups excluding carboxylic acids is 2. The largest absolute Gasteiger partial charge is 0.480 e. The Labute approximate surface area is 134 Å². The van der Waals surface area contributed by atoms with Crippen molar-refractivity contribution in [1.82, 2.24) is 5.32 Å². The first-order valence-electron chi connectivity index (χ1n) is 7.79. The molecule has 0 aliphatic heterocycles. The van der Waals surface area contributed by atoms with Gasteiger partial charge in [0.05, 0.1) is 0 Å². The lowest BCUT2D eigenvalue weighted by Crippen LogP contribution is -2.41. The molecule has 0 spiro atoms. The Morgan fingerprint density at radius 1 is 1.30 bits per heavy atom. The molecule has 1 aliphatic carbocycles. The van der Waals surface area contributed by atoms with Crippen molar-refractivity contribution in [3.63, 3.8) is 0 Å². The highest BCUT2D eigenvalue weighted by atomic mass is 16.5. The maximum atomic E-state index is 11.7. The second kappa shape index (κ2) is 8.31. The summed E-state index contributed by atoms with van der Waals surface area (Å²) >= 11 is 0. The summed E-state index contributed by atoms with van der Waals surface area (Å²) in [5, 5.41) is 11.5. The predicted molar refractivity (Wildman–Crippen MR) is 82.8 cm³/mol. The molecule has 1 aromatic rings. The van der Waals surface area contributed by atoms with Crippen LogP contribution in [0.2, 0.25) is 0 Å². The number of carboxylic acids is 1. The first kappa shape index (κ1) is 17.0. The van der Waals surface area contributed by atoms with Crippen LogP contribution in [0.3, 0.4) is 0 Å². The molecule has 2 atom stereocenters. The molecule has 2 rings (SSSR count). The number of rotatable bonds is 7. The molecule has 1 saturated carbocycles. The smallest absolute Gasteiger partial charge is 0.408 e. The Morgan fingerprint density at radius 2 is 2.04 bits per heavy atom. The van der Waals surface area contributed by atoms with Gasteiger partial charge in [-0.25, -0.2) is 9.59 Å². The van der Waals surface area contributed by atoms with Gasteiger partial charge in [-0.1, -0.05) is 30.3 Å². The van der Waals surface area contributed by atoms with E-state index in [1.54, 1.807) is 0 Å². The Kier molecular flexibility index (Phi) is 6.14. The topological polar surface area (TPSA) is 92.7 Å². The number of Topliss-reactive ketones (excluding diaryl/α,β-unsaturated/α-hetero) is 1. The van der Waals surface area contributed by atoms with E-state index in [1.165, 1.54) is 0 Å². The van der Waals surface area contributed by atoms with Crippen LogP contribution >= 0.6 is 0 Å². The van der Waals surface area contributed by atoms with Crippen LogP contribution in [-0.2, 0) is 20.9 Å². The normalized spacial score (nSPS) is 18.4. The second-order valence-electron chi connectivity index (χ2n) is 5.73. The number of amides is 1. The quantitative estimate of drug-likeness (QED) is 0.805. The lowest BCUT2D eigenvalue weighted by molar-refractivity contribution is -0.139. The van der Waals surface area contributed by atoms with Gasteiger partial charge in [0.15, 0.2) is 0 Å². The lowest BCUT2D eigenvalue weighted by atomic mass is 9.98. The number of nitrogens with one attached hydrogen (secondary N) is 1. The fraction of sp³-hybridized carbons (Fsp3) is 0.471. The average molecular weight is 319 g/mol. The number of carbonyl (C=O) groups is 3. The van der Waals surface area contributed by atoms with Crippen molar-refractivity contribution in [3.05, 3.63) is 35.9 Å². The minimum atomic E-state index is -1.12. The molecule has 0 radical (unpaired) electrons. The van der Waals surface area contributed by atoms with Crippen LogP contribution in [-0.4, -0.2) is 29.0 Å². The van der Waals surface area contributed by atoms with Crippen molar-refractivity contribution in [2.75, 3.05) is 0 Å². The van der Waals surface area contributed by atoms with E-state index < -0.39 is 18.1 Å². The third-order valence-electron chi connectivity index (χ3n) is 4.04. The molecule has 1 amide bonds. The Bertz CT molecular complexity index is 557. The molecule has 0 bridgehead atoms. The van der Waals surface area contributed by atoms with Gasteiger partial charge in [-0.3, -0.25) is 4.79 Å². The van der Waals surface area contributed by atoms with E-state index in [-0.39, 0.29) is 24.7 Å². The van der Waals surface area contributed by atoms with Crippen molar-refractivity contribution in [2.45, 2.75) is 44.8 Å². The van der Waals surface area contributed by atoms with Crippen LogP contribution in [0.5, 0.6) is 0 Å². The monoisotopic (exact) mass is 319 g/mol. The van der Waals surface area contributed by atoms with Gasteiger partial charge in [-0.05, 0) is 31.2 Å². The summed E-state index contributed by atoms with van der Waals surface area (Å²) in [5.41, 5.74) is 0.825. The molecule has 0 heterocycles. The van der Waals surface area contributed by atoms with E-state index in [0.717, 1.165) is 18.4 Å². The zero-order valence-electron chi connectivity index (χ0n) is 12.9. The SMILES string of the molecule is O=C(NC(CCC1CCCC1=O)C(=O)O)OCc1ccccc1. The highest BCUT2D eigenvalue weighted by Crippen LogP contribution is 2.26. The van der Waals surface area contributed by atoms with Gasteiger partial charge in [-0.2, -0.15) is 0 Å². The number of carboxylic acid groups (broad SMARTS) is 1. The van der Waals surface area contributed by atoms with Gasteiger partial charge in [-0.15, -0.1) is 0 Å². The summed E-state index contributed by atoms with van der Waals surface area (Å²) in [6, 6.07) is 8.10. The molecule has 6 nitrogen and oxygen atoms in total. The summed E-state index contributed by atoms with van der Waals surface area (Å²) in [4.78, 5) is 34.5. The van der Waals surface area contributed by atoms with Crippen LogP contribution in [0.4, 0.5) is 4.79 Å². The molecular formula is C17H21NO5. The van der Waals surface area contributed by atoms with E-state index in [2.05, 4.69) is 5.32 Å². The fourth-order valence-corrected chi connectivity index (χ4v) is 2.73. The number of hydrogen-bond donors (Lipinski definition) is 2. The Morgan fingerprint density at radius 3 is 2.65 bits per heavy atom. The summed E-state index contributed by atoms with van der Waals surface area (Å²) in [6.07, 6.45) is 2.20. The molecule has 0 saturated heterocycles. The fourth-order valence-electron chi connectivity index (χ4n) is 2.73. The van der Waals surface area contributed by atoms with Crippen molar-refractivity contribution in [2.24, 2.45) is 5.92 Å². The van der Waals surface area contributed by atoms with Gasteiger partial charge >= 0.3 is 12.1 Å². The van der Waals surface area contributed by atoms with Gasteiger partial charge in [0.1, 0.15) is 18.4 Å². The van der Waals surface area contributed by atoms with Crippen LogP contribution in [0.25, 0.3) is 0 Å². The molecular weight excluding hydrogens is 298 g/mol. The predicted octanol–water partition coefficient (Wildman–Crippen LogP) is 2.52. The van der Waals surface area contributed by atoms with E-state index in [9.17, 15) is 19.5 Å². The van der Waals surface area contributed by atoms with Crippen molar-refractivity contribution >= 4 is 17.8 Å². The first-order valence-corrected chi connectivity index (χ1v) is 7.79. The average Bonchev–Trinajstić information content (AvgIpc) is 2.95. The van der Waals surface area contributed by atoms with E-state index in [0.29, 0.717) is 12.8 Å². The van der Waals surface area contributed by atoms with Gasteiger partial charge < -0.3 is 15.2 Å². The third kappa shape index (κ3) is 5.39. The Balaban J connectivity index is 1.77. The Hall–Kier alpha value is -2.37. The number of aliphatic carboxylic acids is 1. The van der Waals surface area contributed by atoms with Crippen molar-refractivity contribution in [3.8, 4) is 0 Å². The summed E-state index contributed by atoms with van der Waals surface area (Å²) < 4.78 is 5.02. The lowest BCUT2D eigenvalue weighted by Gasteiger charge is -2.16. The molecule has 1 fully saturated rings. The summed E-state index contributed by atoms with van der Waals surface area (Å²) in [5.74, 6) is -0.994. The zero-order valence-corrected chi connectivity index (χ0v) is 12.9. The van der Waals surface area contributed by atoms with Crippen LogP contribution < -0.4 is 5.32 Å². The number of ether oxygens (including phenoxy) is 1. The second-order valence-corrected chi connectivity index (χ2v) is 5.73. The maximum Gasteiger partial charge on any atom is 0.408 e. The van der Waals surface area contributed by atoms with Crippen LogP contribution in [0.15, 0.2) is 30.3 Å². The van der Waals surface area contributed by atoms with Crippen LogP contribution in [0, 0.1) is 5.92 Å². The van der Waals surface area contributed by atoms with Crippen LogP contribution in [0.1, 0.15) is 37.7 Å². The zero-order chi connectivity index (χ0) is 16.7. The number of ketones is 1. The minimum Gasteiger partial charge on any atom is -0.480 e. The number of hydrogen-bond acceptors (Lipinski definition) is 4. The maximum absolute atomic E-state index is 11.7. The van der Waals surface area contributed by atoms with Crippen molar-refractivity contribution < 1.29 is 24.2 Å². The standard InChI is InChI=1S/C17H21NO5/c19-15-8-4-7-13(15)9-10-14(16(20)21)18-17(22)23-11-12-5-2-1-3-6-12/h1-3,5-6,13-14H,4,7-11H2,(H,18,22)(H,20,21). The summed E-state index contributed by atoms with van der Waals surface area (Å²) in [6.45, 7) is 0.0835. The van der Waals surface area contributed by atoms with Gasteiger partial charge in [0.25, 0.3) is 0 Å². The molecule has 1 aromatic carbocycles. The molecule has 124 valence electrons. The molecule has 1 aliphatic rings. The van der Waals surface area contributed by atoms with E-state index in [1.807, 2.05) is 30.3 Å². The van der Waals surface area contributed by atoms with Gasteiger partial charge in [0.2, 0.25) is 0 Å². The molecule has 2 unspecified atom stereocenters. The minimum absolute atomic E-state index is 0.0704. The van der Waals surface area contributed by atoms with Crippen molar-refractivity contribution in [1.29, 1.82) is 0 Å². The van der Waals surface area contributed by atoms with E-state index >= 15 is 0 Å². The number of alkyl carbamates (subject to hydrolysis) is 1. The summed E-state index contributed by atoms with van der Waals surface area (Å²) in [7, 11) is 0. The number of benzene rings is 1.